The van der Waals surface area contributed by atoms with E-state index in [4.69, 9.17) is 9.37 Å². The third kappa shape index (κ3) is 2.55. The Labute approximate surface area is 132 Å². The van der Waals surface area contributed by atoms with Crippen LogP contribution in [0.15, 0.2) is 23.2 Å². The molecule has 1 aliphatic rings. The lowest BCUT2D eigenvalue weighted by molar-refractivity contribution is 0.163. The Balaban J connectivity index is 1.79. The van der Waals surface area contributed by atoms with Crippen molar-refractivity contribution in [3.63, 3.8) is 0 Å². The monoisotopic (exact) mass is 314 g/mol. The fourth-order valence-corrected chi connectivity index (χ4v) is 3.00. The molecule has 0 unspecified atom stereocenters. The zero-order chi connectivity index (χ0) is 15.6. The van der Waals surface area contributed by atoms with Crippen molar-refractivity contribution in [3.8, 4) is 17.3 Å². The quantitative estimate of drug-likeness (QED) is 0.782. The van der Waals surface area contributed by atoms with Crippen LogP contribution in [-0.2, 0) is 6.54 Å². The zero-order valence-electron chi connectivity index (χ0n) is 12.9. The molecule has 120 valence electrons. The van der Waals surface area contributed by atoms with Crippen LogP contribution < -0.4 is 10.1 Å². The van der Waals surface area contributed by atoms with Gasteiger partial charge in [0.1, 0.15) is 23.3 Å². The Bertz CT molecular complexity index is 792. The number of hydrogen-bond acceptors (Lipinski definition) is 7. The summed E-state index contributed by atoms with van der Waals surface area (Å²) in [4.78, 5) is 8.90. The highest BCUT2D eigenvalue weighted by atomic mass is 16.6. The van der Waals surface area contributed by atoms with Crippen molar-refractivity contribution in [3.05, 3.63) is 18.6 Å². The van der Waals surface area contributed by atoms with Gasteiger partial charge < -0.3 is 14.6 Å². The van der Waals surface area contributed by atoms with Crippen molar-refractivity contribution >= 4 is 11.0 Å². The van der Waals surface area contributed by atoms with Gasteiger partial charge in [-0.05, 0) is 38.0 Å². The Hall–Kier alpha value is -2.48. The highest BCUT2D eigenvalue weighted by molar-refractivity contribution is 5.84. The van der Waals surface area contributed by atoms with E-state index in [1.54, 1.807) is 18.6 Å². The van der Waals surface area contributed by atoms with Crippen LogP contribution >= 0.6 is 0 Å². The van der Waals surface area contributed by atoms with Gasteiger partial charge in [-0.3, -0.25) is 4.98 Å². The maximum absolute atomic E-state index is 6.22. The largest absolute Gasteiger partial charge is 0.486 e. The van der Waals surface area contributed by atoms with Crippen molar-refractivity contribution in [1.82, 2.24) is 30.2 Å². The first kappa shape index (κ1) is 14.1. The summed E-state index contributed by atoms with van der Waals surface area (Å²) >= 11 is 0. The molecule has 0 radical (unpaired) electrons. The van der Waals surface area contributed by atoms with Crippen LogP contribution in [0.2, 0.25) is 0 Å². The zero-order valence-corrected chi connectivity index (χ0v) is 12.9. The minimum absolute atomic E-state index is 0.209. The van der Waals surface area contributed by atoms with Gasteiger partial charge in [-0.2, -0.15) is 0 Å². The molecule has 8 heteroatoms. The minimum Gasteiger partial charge on any atom is -0.486 e. The molecule has 1 fully saturated rings. The normalized spacial score (nSPS) is 16.0. The van der Waals surface area contributed by atoms with E-state index < -0.39 is 0 Å². The second kappa shape index (κ2) is 5.96. The summed E-state index contributed by atoms with van der Waals surface area (Å²) in [5.74, 6) is 1.48. The lowest BCUT2D eigenvalue weighted by Gasteiger charge is -2.24. The van der Waals surface area contributed by atoms with Crippen LogP contribution in [0.3, 0.4) is 0 Å². The molecule has 0 aliphatic carbocycles. The van der Waals surface area contributed by atoms with Crippen molar-refractivity contribution in [2.45, 2.75) is 32.4 Å². The number of nitrogens with one attached hydrogen (secondary N) is 1. The summed E-state index contributed by atoms with van der Waals surface area (Å²) in [6.07, 6.45) is 7.28. The molecule has 1 saturated heterocycles. The Morgan fingerprint density at radius 2 is 2.17 bits per heavy atom. The molecule has 0 spiro atoms. The molecule has 3 aromatic heterocycles. The summed E-state index contributed by atoms with van der Waals surface area (Å²) in [6, 6.07) is 0. The van der Waals surface area contributed by atoms with E-state index in [2.05, 4.69) is 37.1 Å². The predicted octanol–water partition coefficient (Wildman–Crippen LogP) is 1.63. The molecular formula is C15H18N6O2. The Morgan fingerprint density at radius 3 is 2.91 bits per heavy atom. The number of imidazole rings is 1. The molecule has 4 heterocycles. The van der Waals surface area contributed by atoms with Gasteiger partial charge in [0.05, 0.1) is 12.4 Å². The van der Waals surface area contributed by atoms with Gasteiger partial charge in [0.2, 0.25) is 0 Å². The molecule has 0 amide bonds. The number of nitrogens with zero attached hydrogens (tertiary/aromatic N) is 5. The first-order valence-electron chi connectivity index (χ1n) is 7.86. The van der Waals surface area contributed by atoms with Gasteiger partial charge in [-0.1, -0.05) is 5.16 Å². The van der Waals surface area contributed by atoms with E-state index in [1.165, 1.54) is 0 Å². The van der Waals surface area contributed by atoms with Crippen molar-refractivity contribution in [2.75, 3.05) is 13.1 Å². The van der Waals surface area contributed by atoms with Gasteiger partial charge in [0.25, 0.3) is 0 Å². The third-order valence-electron chi connectivity index (χ3n) is 4.10. The average Bonchev–Trinajstić information content (AvgIpc) is 3.23. The lowest BCUT2D eigenvalue weighted by Crippen LogP contribution is -2.34. The van der Waals surface area contributed by atoms with E-state index in [-0.39, 0.29) is 6.10 Å². The highest BCUT2D eigenvalue weighted by Crippen LogP contribution is 2.30. The summed E-state index contributed by atoms with van der Waals surface area (Å²) in [5.41, 5.74) is 2.34. The third-order valence-corrected chi connectivity index (χ3v) is 4.10. The number of aromatic nitrogens is 5. The van der Waals surface area contributed by atoms with Crippen molar-refractivity contribution < 1.29 is 9.37 Å². The van der Waals surface area contributed by atoms with E-state index in [0.29, 0.717) is 11.5 Å². The van der Waals surface area contributed by atoms with Crippen LogP contribution in [-0.4, -0.2) is 44.0 Å². The SMILES string of the molecule is CCn1c(-c2cnon2)nc2cncc(OC3CCNCC3)c21. The smallest absolute Gasteiger partial charge is 0.170 e. The highest BCUT2D eigenvalue weighted by Gasteiger charge is 2.21. The second-order valence-electron chi connectivity index (χ2n) is 5.54. The first-order valence-corrected chi connectivity index (χ1v) is 7.86. The number of fused-ring (bicyclic) bond motifs is 1. The van der Waals surface area contributed by atoms with Gasteiger partial charge in [0, 0.05) is 6.54 Å². The number of hydrogen-bond donors (Lipinski definition) is 1. The molecule has 0 atom stereocenters. The van der Waals surface area contributed by atoms with Crippen LogP contribution in [0.5, 0.6) is 5.75 Å². The molecule has 23 heavy (non-hydrogen) atoms. The maximum Gasteiger partial charge on any atom is 0.170 e. The van der Waals surface area contributed by atoms with Gasteiger partial charge in [-0.25, -0.2) is 9.61 Å². The van der Waals surface area contributed by atoms with Gasteiger partial charge >= 0.3 is 0 Å². The summed E-state index contributed by atoms with van der Waals surface area (Å²) in [5, 5.41) is 10.9. The second-order valence-corrected chi connectivity index (χ2v) is 5.54. The molecule has 0 aromatic carbocycles. The summed E-state index contributed by atoms with van der Waals surface area (Å²) in [7, 11) is 0. The number of pyridine rings is 1. The number of rotatable bonds is 4. The molecular weight excluding hydrogens is 296 g/mol. The molecule has 1 N–H and O–H groups in total. The minimum atomic E-state index is 0.209. The molecule has 4 rings (SSSR count). The van der Waals surface area contributed by atoms with E-state index in [9.17, 15) is 0 Å². The first-order chi connectivity index (χ1) is 11.4. The van der Waals surface area contributed by atoms with Gasteiger partial charge in [0.15, 0.2) is 17.3 Å². The van der Waals surface area contributed by atoms with Crippen LogP contribution in [0.4, 0.5) is 0 Å². The van der Waals surface area contributed by atoms with Crippen LogP contribution in [0.25, 0.3) is 22.6 Å². The molecule has 3 aromatic rings. The number of piperidine rings is 1. The van der Waals surface area contributed by atoms with Crippen molar-refractivity contribution in [2.24, 2.45) is 0 Å². The Kier molecular flexibility index (Phi) is 3.66. The standard InChI is InChI=1S/C15H18N6O2/c1-2-21-14-11(19-15(21)12-8-18-23-20-12)7-17-9-13(14)22-10-3-5-16-6-4-10/h7-10,16H,2-6H2,1H3. The van der Waals surface area contributed by atoms with E-state index in [0.717, 1.165) is 49.3 Å². The summed E-state index contributed by atoms with van der Waals surface area (Å²) < 4.78 is 13.0. The average molecular weight is 314 g/mol. The van der Waals surface area contributed by atoms with E-state index in [1.807, 2.05) is 0 Å². The molecule has 1 aliphatic heterocycles. The van der Waals surface area contributed by atoms with E-state index >= 15 is 0 Å². The predicted molar refractivity (Wildman–Crippen MR) is 83.0 cm³/mol. The fourth-order valence-electron chi connectivity index (χ4n) is 3.00. The Morgan fingerprint density at radius 1 is 1.30 bits per heavy atom. The number of ether oxygens (including phenoxy) is 1. The van der Waals surface area contributed by atoms with Crippen LogP contribution in [0.1, 0.15) is 19.8 Å². The maximum atomic E-state index is 6.22. The molecule has 8 nitrogen and oxygen atoms in total. The van der Waals surface area contributed by atoms with Gasteiger partial charge in [-0.15, -0.1) is 0 Å². The van der Waals surface area contributed by atoms with Crippen LogP contribution in [0, 0.1) is 0 Å². The lowest BCUT2D eigenvalue weighted by atomic mass is 10.1. The van der Waals surface area contributed by atoms with Crippen molar-refractivity contribution in [1.29, 1.82) is 0 Å². The fraction of sp³-hybridized carbons (Fsp3) is 0.467. The molecule has 0 bridgehead atoms. The topological polar surface area (TPSA) is 90.9 Å². The number of aryl methyl sites for hydroxylation is 1. The summed E-state index contributed by atoms with van der Waals surface area (Å²) in [6.45, 7) is 4.77. The molecule has 0 saturated carbocycles.